The van der Waals surface area contributed by atoms with E-state index in [2.05, 4.69) is 10.3 Å². The maximum Gasteiger partial charge on any atom is 0.326 e. The van der Waals surface area contributed by atoms with Gasteiger partial charge in [-0.05, 0) is 36.6 Å². The molecule has 122 valence electrons. The molecule has 1 aromatic heterocycles. The minimum Gasteiger partial charge on any atom is -0.497 e. The minimum atomic E-state index is -0.824. The van der Waals surface area contributed by atoms with Crippen molar-refractivity contribution < 1.29 is 14.6 Å². The molecule has 1 saturated carbocycles. The number of nitrogens with one attached hydrogen (secondary N) is 2. The second-order valence-electron chi connectivity index (χ2n) is 6.82. The van der Waals surface area contributed by atoms with Crippen LogP contribution in [0.4, 0.5) is 0 Å². The molecule has 0 bridgehead atoms. The molecule has 2 heterocycles. The van der Waals surface area contributed by atoms with Crippen molar-refractivity contribution in [2.45, 2.75) is 43.6 Å². The van der Waals surface area contributed by atoms with Crippen LogP contribution in [0.3, 0.4) is 0 Å². The third kappa shape index (κ3) is 2.14. The molecule has 4 rings (SSSR count). The van der Waals surface area contributed by atoms with Gasteiger partial charge < -0.3 is 14.8 Å². The third-order valence-electron chi connectivity index (χ3n) is 5.56. The molecule has 1 fully saturated rings. The smallest absolute Gasteiger partial charge is 0.326 e. The summed E-state index contributed by atoms with van der Waals surface area (Å²) in [7, 11) is 1.66. The van der Waals surface area contributed by atoms with Gasteiger partial charge in [0.2, 0.25) is 0 Å². The van der Waals surface area contributed by atoms with Gasteiger partial charge in [0.1, 0.15) is 11.8 Å². The molecular weight excluding hydrogens is 292 g/mol. The molecule has 3 N–H and O–H groups in total. The van der Waals surface area contributed by atoms with Gasteiger partial charge in [0, 0.05) is 28.6 Å². The normalized spacial score (nSPS) is 22.9. The van der Waals surface area contributed by atoms with Crippen LogP contribution in [0.1, 0.15) is 49.4 Å². The van der Waals surface area contributed by atoms with E-state index in [1.165, 1.54) is 24.8 Å². The summed E-state index contributed by atoms with van der Waals surface area (Å²) in [5.74, 6) is -0.00824. The van der Waals surface area contributed by atoms with Gasteiger partial charge in [0.15, 0.2) is 0 Å². The highest BCUT2D eigenvalue weighted by Crippen LogP contribution is 2.48. The van der Waals surface area contributed by atoms with E-state index in [1.54, 1.807) is 7.11 Å². The Balaban J connectivity index is 1.97. The van der Waals surface area contributed by atoms with Gasteiger partial charge in [0.25, 0.3) is 0 Å². The summed E-state index contributed by atoms with van der Waals surface area (Å²) in [6.45, 7) is 0.737. The Hall–Kier alpha value is -2.01. The number of methoxy groups -OCH3 is 1. The molecule has 23 heavy (non-hydrogen) atoms. The molecule has 1 unspecified atom stereocenters. The fourth-order valence-electron chi connectivity index (χ4n) is 4.46. The molecule has 2 aromatic rings. The van der Waals surface area contributed by atoms with Gasteiger partial charge in [-0.15, -0.1) is 0 Å². The highest BCUT2D eigenvalue weighted by atomic mass is 16.5. The molecule has 1 aliphatic heterocycles. The molecule has 1 aliphatic carbocycles. The van der Waals surface area contributed by atoms with Crippen LogP contribution in [0.25, 0.3) is 10.9 Å². The van der Waals surface area contributed by atoms with E-state index in [4.69, 9.17) is 4.74 Å². The zero-order chi connectivity index (χ0) is 16.0. The molecule has 0 saturated heterocycles. The summed E-state index contributed by atoms with van der Waals surface area (Å²) in [6, 6.07) is 5.30. The number of ether oxygens (including phenoxy) is 1. The number of hydrogen-bond acceptors (Lipinski definition) is 3. The standard InChI is InChI=1S/C18H22N2O3/c1-23-11-5-6-13-12(9-11)14-15(20-13)16(17(21)22)19-10-18(14)7-3-2-4-8-18/h5-6,9,16,19-20H,2-4,7-8,10H2,1H3,(H,21,22). The second-order valence-corrected chi connectivity index (χ2v) is 6.82. The van der Waals surface area contributed by atoms with E-state index in [0.29, 0.717) is 0 Å². The van der Waals surface area contributed by atoms with Gasteiger partial charge in [0.05, 0.1) is 7.11 Å². The van der Waals surface area contributed by atoms with E-state index >= 15 is 0 Å². The predicted octanol–water partition coefficient (Wildman–Crippen LogP) is 3.11. The zero-order valence-electron chi connectivity index (χ0n) is 13.3. The number of hydrogen-bond donors (Lipinski definition) is 3. The van der Waals surface area contributed by atoms with Crippen molar-refractivity contribution >= 4 is 16.9 Å². The first kappa shape index (κ1) is 14.6. The highest BCUT2D eigenvalue weighted by molar-refractivity contribution is 5.90. The Kier molecular flexibility index (Phi) is 3.34. The Morgan fingerprint density at radius 2 is 2.09 bits per heavy atom. The number of H-pyrrole nitrogens is 1. The number of carboxylic acid groups (broad SMARTS) is 1. The van der Waals surface area contributed by atoms with E-state index in [1.807, 2.05) is 18.2 Å². The Bertz CT molecular complexity index is 759. The van der Waals surface area contributed by atoms with Crippen LogP contribution in [0.15, 0.2) is 18.2 Å². The fraction of sp³-hybridized carbons (Fsp3) is 0.500. The first-order valence-electron chi connectivity index (χ1n) is 8.31. The molecule has 5 heteroatoms. The lowest BCUT2D eigenvalue weighted by molar-refractivity contribution is -0.140. The average Bonchev–Trinajstić information content (AvgIpc) is 2.95. The molecule has 5 nitrogen and oxygen atoms in total. The van der Waals surface area contributed by atoms with Crippen molar-refractivity contribution in [1.29, 1.82) is 0 Å². The van der Waals surface area contributed by atoms with Crippen molar-refractivity contribution in [2.24, 2.45) is 0 Å². The average molecular weight is 314 g/mol. The molecule has 0 radical (unpaired) electrons. The lowest BCUT2D eigenvalue weighted by Gasteiger charge is -2.43. The molecule has 1 atom stereocenters. The van der Waals surface area contributed by atoms with Gasteiger partial charge >= 0.3 is 5.97 Å². The fourth-order valence-corrected chi connectivity index (χ4v) is 4.46. The lowest BCUT2D eigenvalue weighted by Crippen LogP contribution is -2.48. The molecule has 1 aromatic carbocycles. The minimum absolute atomic E-state index is 0.0458. The number of fused-ring (bicyclic) bond motifs is 4. The summed E-state index contributed by atoms with van der Waals surface area (Å²) in [6.07, 6.45) is 5.91. The first-order valence-corrected chi connectivity index (χ1v) is 8.31. The van der Waals surface area contributed by atoms with Crippen molar-refractivity contribution in [3.63, 3.8) is 0 Å². The summed E-state index contributed by atoms with van der Waals surface area (Å²) < 4.78 is 5.39. The number of carbonyl (C=O) groups is 1. The van der Waals surface area contributed by atoms with Crippen molar-refractivity contribution in [2.75, 3.05) is 13.7 Å². The number of rotatable bonds is 2. The summed E-state index contributed by atoms with van der Waals surface area (Å²) in [5.41, 5.74) is 3.08. The van der Waals surface area contributed by atoms with Gasteiger partial charge in [-0.25, -0.2) is 0 Å². The third-order valence-corrected chi connectivity index (χ3v) is 5.56. The molecule has 1 spiro atoms. The van der Waals surface area contributed by atoms with E-state index < -0.39 is 12.0 Å². The lowest BCUT2D eigenvalue weighted by atomic mass is 9.66. The van der Waals surface area contributed by atoms with Crippen LogP contribution in [0.2, 0.25) is 0 Å². The van der Waals surface area contributed by atoms with E-state index in [-0.39, 0.29) is 5.41 Å². The topological polar surface area (TPSA) is 74.3 Å². The van der Waals surface area contributed by atoms with Crippen molar-refractivity contribution in [3.05, 3.63) is 29.5 Å². The molecule has 0 amide bonds. The number of aromatic nitrogens is 1. The molecule has 2 aliphatic rings. The maximum absolute atomic E-state index is 11.7. The van der Waals surface area contributed by atoms with Crippen LogP contribution in [0.5, 0.6) is 5.75 Å². The van der Waals surface area contributed by atoms with Gasteiger partial charge in [-0.3, -0.25) is 10.1 Å². The van der Waals surface area contributed by atoms with Crippen LogP contribution in [0, 0.1) is 0 Å². The Morgan fingerprint density at radius 3 is 2.78 bits per heavy atom. The zero-order valence-corrected chi connectivity index (χ0v) is 13.3. The molecular formula is C18H22N2O3. The van der Waals surface area contributed by atoms with Gasteiger partial charge in [-0.1, -0.05) is 19.3 Å². The number of aliphatic carboxylic acids is 1. The van der Waals surface area contributed by atoms with Crippen molar-refractivity contribution in [1.82, 2.24) is 10.3 Å². The van der Waals surface area contributed by atoms with E-state index in [0.717, 1.165) is 41.7 Å². The highest BCUT2D eigenvalue weighted by Gasteiger charge is 2.44. The second kappa shape index (κ2) is 5.27. The number of benzene rings is 1. The Morgan fingerprint density at radius 1 is 1.30 bits per heavy atom. The van der Waals surface area contributed by atoms with Crippen LogP contribution < -0.4 is 10.1 Å². The van der Waals surface area contributed by atoms with Crippen LogP contribution >= 0.6 is 0 Å². The summed E-state index contributed by atoms with van der Waals surface area (Å²) in [4.78, 5) is 15.1. The van der Waals surface area contributed by atoms with Gasteiger partial charge in [-0.2, -0.15) is 0 Å². The first-order chi connectivity index (χ1) is 11.1. The monoisotopic (exact) mass is 314 g/mol. The largest absolute Gasteiger partial charge is 0.497 e. The van der Waals surface area contributed by atoms with Crippen molar-refractivity contribution in [3.8, 4) is 5.75 Å². The maximum atomic E-state index is 11.7. The SMILES string of the molecule is COc1ccc2[nH]c3c(c2c1)C1(CCCCC1)CNC3C(=O)O. The summed E-state index contributed by atoms with van der Waals surface area (Å²) >= 11 is 0. The van der Waals surface area contributed by atoms with Crippen LogP contribution in [-0.2, 0) is 10.2 Å². The van der Waals surface area contributed by atoms with Crippen LogP contribution in [-0.4, -0.2) is 29.7 Å². The van der Waals surface area contributed by atoms with E-state index in [9.17, 15) is 9.90 Å². The predicted molar refractivity (Wildman–Crippen MR) is 88.0 cm³/mol. The number of carboxylic acids is 1. The number of aromatic amines is 1. The Labute approximate surface area is 135 Å². The quantitative estimate of drug-likeness (QED) is 0.796. The summed E-state index contributed by atoms with van der Waals surface area (Å²) in [5, 5.41) is 14.0.